The number of nitrogens with one attached hydrogen (secondary N) is 1. The number of nitrogens with zero attached hydrogens (tertiary/aromatic N) is 2. The minimum absolute atomic E-state index is 0.179. The van der Waals surface area contributed by atoms with Gasteiger partial charge in [0.15, 0.2) is 0 Å². The fraction of sp³-hybridized carbons (Fsp3) is 0.818. The number of hydrogen-bond donors (Lipinski definition) is 2. The number of aryl methyl sites for hydroxylation is 1. The molecule has 1 aromatic heterocycles. The van der Waals surface area contributed by atoms with Gasteiger partial charge in [-0.25, -0.2) is 4.63 Å². The standard InChI is InChI=1S/C11H19N3O2/c1-8-10(14-16-13-8)7-12-9-5-3-2-4-6-11(9)15/h9,11-12,15H,2-7H2,1H3. The monoisotopic (exact) mass is 225 g/mol. The number of hydrogen-bond acceptors (Lipinski definition) is 5. The van der Waals surface area contributed by atoms with Crippen molar-refractivity contribution < 1.29 is 9.74 Å². The molecule has 5 nitrogen and oxygen atoms in total. The summed E-state index contributed by atoms with van der Waals surface area (Å²) in [6, 6.07) is 0.179. The highest BCUT2D eigenvalue weighted by Gasteiger charge is 2.21. The maximum Gasteiger partial charge on any atom is 0.121 e. The molecule has 0 bridgehead atoms. The largest absolute Gasteiger partial charge is 0.392 e. The lowest BCUT2D eigenvalue weighted by atomic mass is 10.1. The Kier molecular flexibility index (Phi) is 3.90. The van der Waals surface area contributed by atoms with Crippen molar-refractivity contribution in [2.75, 3.05) is 0 Å². The third-order valence-electron chi connectivity index (χ3n) is 3.26. The van der Waals surface area contributed by atoms with Crippen LogP contribution in [0.1, 0.15) is 43.5 Å². The lowest BCUT2D eigenvalue weighted by molar-refractivity contribution is 0.119. The van der Waals surface area contributed by atoms with Crippen LogP contribution in [0.25, 0.3) is 0 Å². The molecular formula is C11H19N3O2. The van der Waals surface area contributed by atoms with Gasteiger partial charge in [-0.05, 0) is 19.8 Å². The summed E-state index contributed by atoms with van der Waals surface area (Å²) in [5.41, 5.74) is 1.65. The average Bonchev–Trinajstić information content (AvgIpc) is 2.56. The predicted octanol–water partition coefficient (Wildman–Crippen LogP) is 1.16. The van der Waals surface area contributed by atoms with E-state index in [-0.39, 0.29) is 12.1 Å². The first-order valence-electron chi connectivity index (χ1n) is 5.97. The highest BCUT2D eigenvalue weighted by Crippen LogP contribution is 2.18. The molecule has 0 spiro atoms. The van der Waals surface area contributed by atoms with Crippen molar-refractivity contribution >= 4 is 0 Å². The summed E-state index contributed by atoms with van der Waals surface area (Å²) in [7, 11) is 0. The summed E-state index contributed by atoms with van der Waals surface area (Å²) in [6.07, 6.45) is 5.23. The predicted molar refractivity (Wildman–Crippen MR) is 58.8 cm³/mol. The Morgan fingerprint density at radius 3 is 2.88 bits per heavy atom. The lowest BCUT2D eigenvalue weighted by Gasteiger charge is -2.21. The zero-order valence-electron chi connectivity index (χ0n) is 9.65. The van der Waals surface area contributed by atoms with Crippen LogP contribution in [0.15, 0.2) is 4.63 Å². The van der Waals surface area contributed by atoms with Crippen molar-refractivity contribution in [1.29, 1.82) is 0 Å². The Hall–Kier alpha value is -0.940. The Morgan fingerprint density at radius 1 is 1.31 bits per heavy atom. The molecule has 0 aliphatic heterocycles. The molecule has 0 radical (unpaired) electrons. The molecule has 2 unspecified atom stereocenters. The molecular weight excluding hydrogens is 206 g/mol. The summed E-state index contributed by atoms with van der Waals surface area (Å²) < 4.78 is 4.63. The molecule has 90 valence electrons. The first-order chi connectivity index (χ1) is 7.77. The molecule has 0 saturated heterocycles. The van der Waals surface area contributed by atoms with Crippen molar-refractivity contribution in [3.05, 3.63) is 11.4 Å². The van der Waals surface area contributed by atoms with Gasteiger partial charge < -0.3 is 10.4 Å². The van der Waals surface area contributed by atoms with Gasteiger partial charge in [0.2, 0.25) is 0 Å². The van der Waals surface area contributed by atoms with E-state index in [2.05, 4.69) is 20.3 Å². The second-order valence-corrected chi connectivity index (χ2v) is 4.49. The van der Waals surface area contributed by atoms with Gasteiger partial charge in [0.1, 0.15) is 11.4 Å². The third kappa shape index (κ3) is 2.80. The van der Waals surface area contributed by atoms with Gasteiger partial charge in [-0.3, -0.25) is 0 Å². The van der Waals surface area contributed by atoms with Crippen LogP contribution in [0.2, 0.25) is 0 Å². The fourth-order valence-corrected chi connectivity index (χ4v) is 2.16. The maximum atomic E-state index is 9.92. The molecule has 0 amide bonds. The average molecular weight is 225 g/mol. The zero-order chi connectivity index (χ0) is 11.4. The van der Waals surface area contributed by atoms with Crippen molar-refractivity contribution in [1.82, 2.24) is 15.6 Å². The van der Waals surface area contributed by atoms with E-state index in [9.17, 15) is 5.11 Å². The summed E-state index contributed by atoms with van der Waals surface area (Å²) in [5.74, 6) is 0. The van der Waals surface area contributed by atoms with Gasteiger partial charge in [0, 0.05) is 12.6 Å². The van der Waals surface area contributed by atoms with Crippen LogP contribution in [0, 0.1) is 6.92 Å². The summed E-state index contributed by atoms with van der Waals surface area (Å²) in [6.45, 7) is 2.49. The summed E-state index contributed by atoms with van der Waals surface area (Å²) in [4.78, 5) is 0. The SMILES string of the molecule is Cc1nonc1CNC1CCCCCC1O. The highest BCUT2D eigenvalue weighted by atomic mass is 16.6. The summed E-state index contributed by atoms with van der Waals surface area (Å²) >= 11 is 0. The fourth-order valence-electron chi connectivity index (χ4n) is 2.16. The second kappa shape index (κ2) is 5.41. The van der Waals surface area contributed by atoms with Crippen LogP contribution in [0.4, 0.5) is 0 Å². The molecule has 5 heteroatoms. The molecule has 16 heavy (non-hydrogen) atoms. The van der Waals surface area contributed by atoms with Crippen molar-refractivity contribution in [2.45, 2.75) is 57.7 Å². The molecule has 1 saturated carbocycles. The normalized spacial score (nSPS) is 26.6. The highest BCUT2D eigenvalue weighted by molar-refractivity contribution is 5.04. The van der Waals surface area contributed by atoms with Crippen LogP contribution < -0.4 is 5.32 Å². The number of rotatable bonds is 3. The van der Waals surface area contributed by atoms with Crippen LogP contribution >= 0.6 is 0 Å². The molecule has 2 atom stereocenters. The quantitative estimate of drug-likeness (QED) is 0.755. The number of aliphatic hydroxyl groups is 1. The van der Waals surface area contributed by atoms with Gasteiger partial charge >= 0.3 is 0 Å². The number of aliphatic hydroxyl groups excluding tert-OH is 1. The molecule has 1 aromatic rings. The Balaban J connectivity index is 1.86. The van der Waals surface area contributed by atoms with Crippen molar-refractivity contribution in [2.24, 2.45) is 0 Å². The van der Waals surface area contributed by atoms with E-state index >= 15 is 0 Å². The molecule has 1 fully saturated rings. The van der Waals surface area contributed by atoms with E-state index in [0.717, 1.165) is 30.7 Å². The molecule has 2 rings (SSSR count). The first kappa shape index (κ1) is 11.5. The lowest BCUT2D eigenvalue weighted by Crippen LogP contribution is -2.38. The Bertz CT molecular complexity index is 327. The Labute approximate surface area is 95.2 Å². The molecule has 1 aliphatic carbocycles. The van der Waals surface area contributed by atoms with Crippen molar-refractivity contribution in [3.8, 4) is 0 Å². The minimum atomic E-state index is -0.234. The van der Waals surface area contributed by atoms with E-state index in [1.54, 1.807) is 0 Å². The number of aromatic nitrogens is 2. The van der Waals surface area contributed by atoms with E-state index in [1.807, 2.05) is 6.92 Å². The zero-order valence-corrected chi connectivity index (χ0v) is 9.65. The molecule has 1 heterocycles. The second-order valence-electron chi connectivity index (χ2n) is 4.49. The van der Waals surface area contributed by atoms with Crippen LogP contribution in [-0.2, 0) is 6.54 Å². The summed E-state index contributed by atoms with van der Waals surface area (Å²) in [5, 5.41) is 20.8. The molecule has 0 aromatic carbocycles. The molecule has 1 aliphatic rings. The van der Waals surface area contributed by atoms with E-state index < -0.39 is 0 Å². The first-order valence-corrected chi connectivity index (χ1v) is 5.97. The molecule has 2 N–H and O–H groups in total. The van der Waals surface area contributed by atoms with E-state index in [4.69, 9.17) is 0 Å². The van der Waals surface area contributed by atoms with Gasteiger partial charge in [-0.15, -0.1) is 0 Å². The van der Waals surface area contributed by atoms with Crippen LogP contribution in [0.3, 0.4) is 0 Å². The van der Waals surface area contributed by atoms with Crippen LogP contribution in [-0.4, -0.2) is 27.6 Å². The van der Waals surface area contributed by atoms with Crippen molar-refractivity contribution in [3.63, 3.8) is 0 Å². The third-order valence-corrected chi connectivity index (χ3v) is 3.26. The van der Waals surface area contributed by atoms with Gasteiger partial charge in [0.25, 0.3) is 0 Å². The maximum absolute atomic E-state index is 9.92. The van der Waals surface area contributed by atoms with E-state index in [0.29, 0.717) is 6.54 Å². The van der Waals surface area contributed by atoms with Gasteiger partial charge in [-0.2, -0.15) is 0 Å². The van der Waals surface area contributed by atoms with Crippen LogP contribution in [0.5, 0.6) is 0 Å². The smallest absolute Gasteiger partial charge is 0.121 e. The topological polar surface area (TPSA) is 71.2 Å². The van der Waals surface area contributed by atoms with E-state index in [1.165, 1.54) is 12.8 Å². The Morgan fingerprint density at radius 2 is 2.12 bits per heavy atom. The minimum Gasteiger partial charge on any atom is -0.392 e. The van der Waals surface area contributed by atoms with Gasteiger partial charge in [0.05, 0.1) is 6.10 Å². The van der Waals surface area contributed by atoms with Gasteiger partial charge in [-0.1, -0.05) is 29.6 Å².